The van der Waals surface area contributed by atoms with E-state index in [0.29, 0.717) is 0 Å². The zero-order valence-corrected chi connectivity index (χ0v) is 18.4. The predicted molar refractivity (Wildman–Crippen MR) is 112 cm³/mol. The van der Waals surface area contributed by atoms with Gasteiger partial charge in [-0.3, -0.25) is 0 Å². The minimum atomic E-state index is -3.75. The predicted octanol–water partition coefficient (Wildman–Crippen LogP) is 2.25. The minimum absolute atomic E-state index is 0.101. The Hall–Kier alpha value is -2.63. The standard InChI is InChI=1S/C20H21FN4O4S2/c1-24-14-22-23-20(24)30(26,27)18-10-12-25(13-11-18)31(28,29)19-8-4-16(5-9-19)15-2-6-17(21)7-3-15/h2-9,14,18H,10-13H2,1H3. The van der Waals surface area contributed by atoms with Gasteiger partial charge in [-0.25, -0.2) is 21.2 Å². The molecule has 0 aliphatic carbocycles. The van der Waals surface area contributed by atoms with Gasteiger partial charge >= 0.3 is 0 Å². The lowest BCUT2D eigenvalue weighted by Gasteiger charge is -2.30. The lowest BCUT2D eigenvalue weighted by molar-refractivity contribution is 0.344. The van der Waals surface area contributed by atoms with Crippen molar-refractivity contribution in [1.29, 1.82) is 0 Å². The Balaban J connectivity index is 1.48. The smallest absolute Gasteiger partial charge is 0.249 e. The number of aryl methyl sites for hydroxylation is 1. The van der Waals surface area contributed by atoms with E-state index < -0.39 is 25.1 Å². The fourth-order valence-corrected chi connectivity index (χ4v) is 6.88. The molecule has 4 rings (SSSR count). The topological polar surface area (TPSA) is 102 Å². The van der Waals surface area contributed by atoms with Gasteiger partial charge in [-0.1, -0.05) is 24.3 Å². The molecule has 1 saturated heterocycles. The highest BCUT2D eigenvalue weighted by atomic mass is 32.2. The summed E-state index contributed by atoms with van der Waals surface area (Å²) in [5, 5.41) is 6.50. The number of aromatic nitrogens is 3. The number of rotatable bonds is 5. The van der Waals surface area contributed by atoms with E-state index in [9.17, 15) is 21.2 Å². The first-order valence-corrected chi connectivity index (χ1v) is 12.6. The molecule has 164 valence electrons. The van der Waals surface area contributed by atoms with Crippen molar-refractivity contribution < 1.29 is 21.2 Å². The summed E-state index contributed by atoms with van der Waals surface area (Å²) >= 11 is 0. The Bertz CT molecular complexity index is 1280. The lowest BCUT2D eigenvalue weighted by atomic mass is 10.1. The van der Waals surface area contributed by atoms with E-state index in [2.05, 4.69) is 10.2 Å². The highest BCUT2D eigenvalue weighted by molar-refractivity contribution is 7.92. The van der Waals surface area contributed by atoms with Crippen molar-refractivity contribution in [2.45, 2.75) is 28.1 Å². The van der Waals surface area contributed by atoms with Gasteiger partial charge in [0.1, 0.15) is 12.1 Å². The summed E-state index contributed by atoms with van der Waals surface area (Å²) < 4.78 is 67.3. The second-order valence-corrected chi connectivity index (χ2v) is 11.5. The molecule has 1 aromatic heterocycles. The molecule has 1 aliphatic heterocycles. The fraction of sp³-hybridized carbons (Fsp3) is 0.300. The van der Waals surface area contributed by atoms with Gasteiger partial charge < -0.3 is 4.57 Å². The molecule has 11 heteroatoms. The molecule has 3 aromatic rings. The molecule has 0 spiro atoms. The second-order valence-electron chi connectivity index (χ2n) is 7.40. The van der Waals surface area contributed by atoms with Gasteiger partial charge in [0.05, 0.1) is 10.1 Å². The van der Waals surface area contributed by atoms with Gasteiger partial charge in [0.25, 0.3) is 0 Å². The number of halogens is 1. The van der Waals surface area contributed by atoms with E-state index in [0.717, 1.165) is 11.1 Å². The van der Waals surface area contributed by atoms with Crippen LogP contribution >= 0.6 is 0 Å². The van der Waals surface area contributed by atoms with Crippen LogP contribution in [0.15, 0.2) is 64.9 Å². The summed E-state index contributed by atoms with van der Waals surface area (Å²) in [6.45, 7) is 0.202. The first kappa shape index (κ1) is 21.6. The van der Waals surface area contributed by atoms with Gasteiger partial charge in [-0.15, -0.1) is 10.2 Å². The van der Waals surface area contributed by atoms with E-state index in [1.807, 2.05) is 0 Å². The zero-order valence-electron chi connectivity index (χ0n) is 16.7. The highest BCUT2D eigenvalue weighted by Gasteiger charge is 2.37. The van der Waals surface area contributed by atoms with E-state index >= 15 is 0 Å². The molecule has 1 aliphatic rings. The summed E-state index contributed by atoms with van der Waals surface area (Å²) in [5.74, 6) is -0.340. The van der Waals surface area contributed by atoms with Crippen LogP contribution in [0.3, 0.4) is 0 Å². The summed E-state index contributed by atoms with van der Waals surface area (Å²) in [6.07, 6.45) is 1.69. The van der Waals surface area contributed by atoms with E-state index in [4.69, 9.17) is 0 Å². The normalized spacial score (nSPS) is 16.5. The van der Waals surface area contributed by atoms with Crippen molar-refractivity contribution in [2.24, 2.45) is 7.05 Å². The summed E-state index contributed by atoms with van der Waals surface area (Å²) in [5.41, 5.74) is 1.55. The van der Waals surface area contributed by atoms with Crippen molar-refractivity contribution in [2.75, 3.05) is 13.1 Å². The van der Waals surface area contributed by atoms with E-state index in [1.165, 1.54) is 39.5 Å². The Morgan fingerprint density at radius 3 is 1.97 bits per heavy atom. The second kappa shape index (κ2) is 8.13. The van der Waals surface area contributed by atoms with E-state index in [1.54, 1.807) is 31.3 Å². The van der Waals surface area contributed by atoms with Gasteiger partial charge in [0.2, 0.25) is 25.0 Å². The lowest BCUT2D eigenvalue weighted by Crippen LogP contribution is -2.42. The molecule has 2 heterocycles. The largest absolute Gasteiger partial charge is 0.308 e. The molecule has 0 atom stereocenters. The number of nitrogens with zero attached hydrogens (tertiary/aromatic N) is 4. The maximum atomic E-state index is 13.1. The van der Waals surface area contributed by atoms with Crippen LogP contribution in [0.4, 0.5) is 4.39 Å². The average Bonchev–Trinajstić information content (AvgIpc) is 3.21. The van der Waals surface area contributed by atoms with Gasteiger partial charge in [0.15, 0.2) is 0 Å². The van der Waals surface area contributed by atoms with Crippen LogP contribution in [0.1, 0.15) is 12.8 Å². The third kappa shape index (κ3) is 4.12. The maximum absolute atomic E-state index is 13.1. The van der Waals surface area contributed by atoms with E-state index in [-0.39, 0.29) is 41.8 Å². The average molecular weight is 465 g/mol. The Morgan fingerprint density at radius 2 is 1.45 bits per heavy atom. The molecule has 0 N–H and O–H groups in total. The molecular weight excluding hydrogens is 443 g/mol. The highest BCUT2D eigenvalue weighted by Crippen LogP contribution is 2.28. The summed E-state index contributed by atoms with van der Waals surface area (Å²) in [4.78, 5) is 0.132. The number of sulfonamides is 1. The maximum Gasteiger partial charge on any atom is 0.249 e. The van der Waals surface area contributed by atoms with Gasteiger partial charge in [0, 0.05) is 20.1 Å². The number of hydrogen-bond donors (Lipinski definition) is 0. The quantitative estimate of drug-likeness (QED) is 0.574. The molecule has 0 radical (unpaired) electrons. The number of benzene rings is 2. The SMILES string of the molecule is Cn1cnnc1S(=O)(=O)C1CCN(S(=O)(=O)c2ccc(-c3ccc(F)cc3)cc2)CC1. The first-order valence-electron chi connectivity index (χ1n) is 9.63. The van der Waals surface area contributed by atoms with Crippen LogP contribution in [-0.2, 0) is 26.9 Å². The number of hydrogen-bond acceptors (Lipinski definition) is 6. The van der Waals surface area contributed by atoms with Crippen molar-refractivity contribution in [3.05, 3.63) is 60.7 Å². The van der Waals surface area contributed by atoms with Crippen molar-refractivity contribution in [3.8, 4) is 11.1 Å². The number of sulfone groups is 1. The van der Waals surface area contributed by atoms with Crippen molar-refractivity contribution in [3.63, 3.8) is 0 Å². The van der Waals surface area contributed by atoms with Gasteiger partial charge in [-0.05, 0) is 48.2 Å². The molecular formula is C20H21FN4O4S2. The summed E-state index contributed by atoms with van der Waals surface area (Å²) in [6, 6.07) is 12.3. The molecule has 31 heavy (non-hydrogen) atoms. The first-order chi connectivity index (χ1) is 14.7. The zero-order chi connectivity index (χ0) is 22.2. The Kier molecular flexibility index (Phi) is 5.67. The van der Waals surface area contributed by atoms with Crippen LogP contribution in [0.2, 0.25) is 0 Å². The molecule has 1 fully saturated rings. The molecule has 0 amide bonds. The Labute approximate surface area is 180 Å². The van der Waals surface area contributed by atoms with Gasteiger partial charge in [-0.2, -0.15) is 4.31 Å². The van der Waals surface area contributed by atoms with Crippen molar-refractivity contribution >= 4 is 19.9 Å². The van der Waals surface area contributed by atoms with Crippen LogP contribution in [0, 0.1) is 5.82 Å². The minimum Gasteiger partial charge on any atom is -0.308 e. The third-order valence-electron chi connectivity index (χ3n) is 5.43. The summed E-state index contributed by atoms with van der Waals surface area (Å²) in [7, 11) is -5.88. The molecule has 0 bridgehead atoms. The van der Waals surface area contributed by atoms with Crippen LogP contribution in [0.25, 0.3) is 11.1 Å². The molecule has 2 aromatic carbocycles. The van der Waals surface area contributed by atoms with Crippen LogP contribution in [-0.4, -0.2) is 54.2 Å². The third-order valence-corrected chi connectivity index (χ3v) is 9.57. The number of piperidine rings is 1. The van der Waals surface area contributed by atoms with Crippen LogP contribution < -0.4 is 0 Å². The van der Waals surface area contributed by atoms with Crippen LogP contribution in [0.5, 0.6) is 0 Å². The molecule has 8 nitrogen and oxygen atoms in total. The van der Waals surface area contributed by atoms with Crippen molar-refractivity contribution in [1.82, 2.24) is 19.1 Å². The Morgan fingerprint density at radius 1 is 0.903 bits per heavy atom. The fourth-order valence-electron chi connectivity index (χ4n) is 3.67. The molecule has 0 unspecified atom stereocenters. The monoisotopic (exact) mass is 464 g/mol. The molecule has 0 saturated carbocycles.